The average Bonchev–Trinajstić information content (AvgIpc) is 4.16. The fourth-order valence-corrected chi connectivity index (χ4v) is 8.64. The van der Waals surface area contributed by atoms with Gasteiger partial charge in [0, 0.05) is 48.8 Å². The standard InChI is InChI=1S/C26H22F2N4O2.C20H18F2N4O2.C6H7BO2/c1-26(27,28)25(34)30-21-15-23(33)31(24(21)17-8-4-2-5-9-17)20-12-13-22-18(14-20)16-29-32(22)19-10-6-3-7-11-19;1-20(21,22)19(28)24-16-10-17(27)26(18(16)12-5-3-2-4-6-12)14-7-8-15-13(9-14)11-23-25-15;8-7(9)6-4-2-1-3-5-6/h2-14,16,21,24H,15H2,1H3,(H,30,34);2-9,11,16,18H,10H2,1H3,(H,23,25)(H,24,28);1-5,8-9H/t21-,24+;16-,18+;/m00./s1. The molecule has 2 aliphatic heterocycles. The smallest absolute Gasteiger partial charge is 0.423 e. The van der Waals surface area contributed by atoms with Gasteiger partial charge in [-0.1, -0.05) is 109 Å². The molecule has 2 aliphatic rings. The number of aromatic nitrogens is 4. The molecule has 2 fully saturated rings. The van der Waals surface area contributed by atoms with Crippen molar-refractivity contribution in [2.24, 2.45) is 0 Å². The van der Waals surface area contributed by atoms with E-state index in [0.29, 0.717) is 30.7 Å². The minimum absolute atomic E-state index is 0.0647. The van der Waals surface area contributed by atoms with Gasteiger partial charge in [-0.15, -0.1) is 0 Å². The molecule has 0 spiro atoms. The van der Waals surface area contributed by atoms with Crippen LogP contribution in [0.25, 0.3) is 27.5 Å². The van der Waals surface area contributed by atoms with Crippen molar-refractivity contribution >= 4 is 69.4 Å². The number of carbonyl (C=O) groups is 4. The van der Waals surface area contributed by atoms with Gasteiger partial charge in [-0.05, 0) is 65.1 Å². The fraction of sp³-hybridized carbons (Fsp3) is 0.192. The predicted octanol–water partition coefficient (Wildman–Crippen LogP) is 7.19. The van der Waals surface area contributed by atoms with Crippen molar-refractivity contribution in [1.82, 2.24) is 30.6 Å². The number of amides is 4. The number of fused-ring (bicyclic) bond motifs is 2. The maximum Gasteiger partial charge on any atom is 0.488 e. The predicted molar refractivity (Wildman–Crippen MR) is 261 cm³/mol. The number of para-hydroxylation sites is 1. The molecule has 14 nitrogen and oxygen atoms in total. The van der Waals surface area contributed by atoms with Crippen molar-refractivity contribution in [3.8, 4) is 5.69 Å². The van der Waals surface area contributed by atoms with E-state index in [4.69, 9.17) is 10.0 Å². The second-order valence-corrected chi connectivity index (χ2v) is 17.1. The van der Waals surface area contributed by atoms with Crippen LogP contribution in [0.4, 0.5) is 28.9 Å². The van der Waals surface area contributed by atoms with Crippen LogP contribution in [0.1, 0.15) is 49.9 Å². The van der Waals surface area contributed by atoms with Crippen LogP contribution in [0.15, 0.2) is 170 Å². The summed E-state index contributed by atoms with van der Waals surface area (Å²) in [6.07, 6.45) is 3.22. The number of hydrogen-bond acceptors (Lipinski definition) is 8. The van der Waals surface area contributed by atoms with Crippen molar-refractivity contribution < 1.29 is 46.8 Å². The van der Waals surface area contributed by atoms with Crippen LogP contribution in [0.3, 0.4) is 0 Å². The average molecular weight is 967 g/mol. The number of halogens is 4. The highest BCUT2D eigenvalue weighted by Gasteiger charge is 2.46. The molecule has 2 aromatic heterocycles. The highest BCUT2D eigenvalue weighted by atomic mass is 19.3. The molecule has 362 valence electrons. The van der Waals surface area contributed by atoms with Crippen molar-refractivity contribution in [3.05, 3.63) is 181 Å². The molecule has 0 unspecified atom stereocenters. The van der Waals surface area contributed by atoms with E-state index in [-0.39, 0.29) is 24.7 Å². The fourth-order valence-electron chi connectivity index (χ4n) is 8.64. The first-order chi connectivity index (χ1) is 34.0. The third-order valence-corrected chi connectivity index (χ3v) is 12.0. The summed E-state index contributed by atoms with van der Waals surface area (Å²) < 4.78 is 55.9. The number of H-pyrrole nitrogens is 1. The number of nitrogens with one attached hydrogen (secondary N) is 3. The Labute approximate surface area is 405 Å². The first kappa shape index (κ1) is 49.3. The zero-order chi connectivity index (χ0) is 50.5. The zero-order valence-corrected chi connectivity index (χ0v) is 38.2. The molecule has 4 heterocycles. The van der Waals surface area contributed by atoms with Crippen LogP contribution < -0.4 is 25.9 Å². The van der Waals surface area contributed by atoms with E-state index in [1.807, 2.05) is 126 Å². The summed E-state index contributed by atoms with van der Waals surface area (Å²) in [5, 5.41) is 34.9. The summed E-state index contributed by atoms with van der Waals surface area (Å²) in [4.78, 5) is 53.0. The van der Waals surface area contributed by atoms with Gasteiger partial charge in [0.05, 0.1) is 53.3 Å². The number of hydrogen-bond donors (Lipinski definition) is 5. The van der Waals surface area contributed by atoms with Crippen LogP contribution in [0.5, 0.6) is 0 Å². The van der Waals surface area contributed by atoms with Gasteiger partial charge >= 0.3 is 19.0 Å². The molecule has 0 saturated carbocycles. The van der Waals surface area contributed by atoms with Crippen LogP contribution in [0.2, 0.25) is 0 Å². The van der Waals surface area contributed by atoms with E-state index in [0.717, 1.165) is 38.6 Å². The molecular weight excluding hydrogens is 919 g/mol. The Kier molecular flexibility index (Phi) is 14.5. The summed E-state index contributed by atoms with van der Waals surface area (Å²) in [5.41, 5.74) is 5.86. The lowest BCUT2D eigenvalue weighted by Gasteiger charge is -2.29. The van der Waals surface area contributed by atoms with E-state index < -0.39 is 54.9 Å². The summed E-state index contributed by atoms with van der Waals surface area (Å²) in [6, 6.07) is 44.7. The topological polar surface area (TPSA) is 186 Å². The number of aromatic amines is 1. The minimum atomic E-state index is -3.54. The molecule has 0 bridgehead atoms. The Bertz CT molecular complexity index is 3140. The van der Waals surface area contributed by atoms with Gasteiger partial charge in [-0.2, -0.15) is 27.8 Å². The number of rotatable bonds is 10. The number of carbonyl (C=O) groups excluding carboxylic acids is 4. The molecule has 0 radical (unpaired) electrons. The zero-order valence-electron chi connectivity index (χ0n) is 38.2. The van der Waals surface area contributed by atoms with E-state index in [1.165, 1.54) is 0 Å². The Morgan fingerprint density at radius 3 is 1.52 bits per heavy atom. The van der Waals surface area contributed by atoms with Crippen molar-refractivity contribution in [1.29, 1.82) is 0 Å². The summed E-state index contributed by atoms with van der Waals surface area (Å²) in [5.74, 6) is -10.4. The van der Waals surface area contributed by atoms with Crippen LogP contribution >= 0.6 is 0 Å². The summed E-state index contributed by atoms with van der Waals surface area (Å²) >= 11 is 0. The molecule has 0 aliphatic carbocycles. The second kappa shape index (κ2) is 20.8. The van der Waals surface area contributed by atoms with Gasteiger partial charge in [0.1, 0.15) is 0 Å². The van der Waals surface area contributed by atoms with E-state index >= 15 is 0 Å². The molecule has 71 heavy (non-hydrogen) atoms. The van der Waals surface area contributed by atoms with Crippen molar-refractivity contribution in [3.63, 3.8) is 0 Å². The third kappa shape index (κ3) is 11.2. The van der Waals surface area contributed by atoms with Crippen molar-refractivity contribution in [2.75, 3.05) is 9.80 Å². The monoisotopic (exact) mass is 966 g/mol. The highest BCUT2D eigenvalue weighted by molar-refractivity contribution is 6.58. The number of benzene rings is 6. The summed E-state index contributed by atoms with van der Waals surface area (Å²) in [6.45, 7) is 1.09. The van der Waals surface area contributed by atoms with Gasteiger partial charge in [-0.25, -0.2) is 4.68 Å². The van der Waals surface area contributed by atoms with Crippen LogP contribution in [-0.2, 0) is 19.2 Å². The van der Waals surface area contributed by atoms with Gasteiger partial charge in [0.2, 0.25) is 11.8 Å². The largest absolute Gasteiger partial charge is 0.488 e. The first-order valence-electron chi connectivity index (χ1n) is 22.5. The van der Waals surface area contributed by atoms with Crippen molar-refractivity contribution in [2.45, 2.75) is 62.7 Å². The quantitative estimate of drug-likeness (QED) is 0.0704. The van der Waals surface area contributed by atoms with Gasteiger partial charge < -0.3 is 30.5 Å². The lowest BCUT2D eigenvalue weighted by Crippen LogP contribution is -2.46. The molecule has 5 N–H and O–H groups in total. The summed E-state index contributed by atoms with van der Waals surface area (Å²) in [7, 11) is -1.34. The van der Waals surface area contributed by atoms with Crippen LogP contribution in [0, 0.1) is 0 Å². The number of alkyl halides is 4. The maximum absolute atomic E-state index is 13.6. The van der Waals surface area contributed by atoms with Gasteiger partial charge in [0.25, 0.3) is 11.8 Å². The minimum Gasteiger partial charge on any atom is -0.423 e. The van der Waals surface area contributed by atoms with E-state index in [9.17, 15) is 36.7 Å². The third-order valence-electron chi connectivity index (χ3n) is 12.0. The lowest BCUT2D eigenvalue weighted by molar-refractivity contribution is -0.144. The lowest BCUT2D eigenvalue weighted by atomic mass is 9.81. The molecule has 4 amide bonds. The van der Waals surface area contributed by atoms with E-state index in [2.05, 4.69) is 25.9 Å². The molecule has 10 rings (SSSR count). The Morgan fingerprint density at radius 2 is 1.06 bits per heavy atom. The highest BCUT2D eigenvalue weighted by Crippen LogP contribution is 2.40. The van der Waals surface area contributed by atoms with Gasteiger partial charge in [-0.3, -0.25) is 24.3 Å². The molecular formula is C52H47BF4N8O6. The SMILES string of the molecule is CC(F)(F)C(=O)N[C@H]1CC(=O)N(c2ccc3[nH]ncc3c2)[C@@H]1c1ccccc1.CC(F)(F)C(=O)N[C@H]1CC(=O)N(c2ccc3c(cnn3-c3ccccc3)c2)[C@@H]1c1ccccc1.OB(O)c1ccccc1. The molecule has 8 aromatic rings. The van der Waals surface area contributed by atoms with E-state index in [1.54, 1.807) is 58.6 Å². The Hall–Kier alpha value is -8.16. The second-order valence-electron chi connectivity index (χ2n) is 17.1. The molecule has 6 aromatic carbocycles. The van der Waals surface area contributed by atoms with Crippen LogP contribution in [-0.4, -0.2) is 84.7 Å². The first-order valence-corrected chi connectivity index (χ1v) is 22.5. The number of nitrogens with zero attached hydrogens (tertiary/aromatic N) is 5. The normalized spacial score (nSPS) is 17.9. The maximum atomic E-state index is 13.6. The Balaban J connectivity index is 0.000000164. The Morgan fingerprint density at radius 1 is 0.606 bits per heavy atom. The molecule has 4 atom stereocenters. The van der Waals surface area contributed by atoms with Gasteiger partial charge in [0.15, 0.2) is 0 Å². The number of anilines is 2. The molecule has 19 heteroatoms. The molecule has 2 saturated heterocycles.